The Morgan fingerprint density at radius 3 is 2.87 bits per heavy atom. The molecule has 2 aromatic rings. The SMILES string of the molecule is Cc1cc(NCC2(C(N)=O)CCOCC2)c2cccc(F)c2n1. The molecule has 0 bridgehead atoms. The fourth-order valence-corrected chi connectivity index (χ4v) is 3.02. The van der Waals surface area contributed by atoms with Crippen LogP contribution in [0.2, 0.25) is 0 Å². The first-order valence-corrected chi connectivity index (χ1v) is 7.69. The number of carbonyl (C=O) groups is 1. The highest BCUT2D eigenvalue weighted by molar-refractivity contribution is 5.92. The van der Waals surface area contributed by atoms with Crippen LogP contribution in [-0.2, 0) is 9.53 Å². The lowest BCUT2D eigenvalue weighted by Crippen LogP contribution is -2.46. The topological polar surface area (TPSA) is 77.2 Å². The molecule has 122 valence electrons. The van der Waals surface area contributed by atoms with Crippen LogP contribution in [0.5, 0.6) is 0 Å². The molecule has 3 rings (SSSR count). The lowest BCUT2D eigenvalue weighted by Gasteiger charge is -2.34. The lowest BCUT2D eigenvalue weighted by molar-refractivity contribution is -0.132. The van der Waals surface area contributed by atoms with Gasteiger partial charge in [0.25, 0.3) is 0 Å². The number of hydrogen-bond acceptors (Lipinski definition) is 4. The fourth-order valence-electron chi connectivity index (χ4n) is 3.02. The van der Waals surface area contributed by atoms with Gasteiger partial charge in [-0.3, -0.25) is 4.79 Å². The summed E-state index contributed by atoms with van der Waals surface area (Å²) >= 11 is 0. The van der Waals surface area contributed by atoms with Crippen LogP contribution in [0.1, 0.15) is 18.5 Å². The quantitative estimate of drug-likeness (QED) is 0.907. The maximum atomic E-state index is 14.0. The molecule has 0 radical (unpaired) electrons. The van der Waals surface area contributed by atoms with Crippen molar-refractivity contribution >= 4 is 22.5 Å². The van der Waals surface area contributed by atoms with Gasteiger partial charge in [-0.25, -0.2) is 9.37 Å². The third-order valence-corrected chi connectivity index (χ3v) is 4.51. The molecule has 6 heteroatoms. The number of carbonyl (C=O) groups excluding carboxylic acids is 1. The minimum atomic E-state index is -0.630. The minimum absolute atomic E-state index is 0.324. The molecule has 23 heavy (non-hydrogen) atoms. The van der Waals surface area contributed by atoms with Crippen molar-refractivity contribution in [2.45, 2.75) is 19.8 Å². The smallest absolute Gasteiger partial charge is 0.225 e. The molecular weight excluding hydrogens is 297 g/mol. The van der Waals surface area contributed by atoms with Gasteiger partial charge in [0, 0.05) is 36.5 Å². The maximum Gasteiger partial charge on any atom is 0.225 e. The Hall–Kier alpha value is -2.21. The van der Waals surface area contributed by atoms with E-state index in [1.54, 1.807) is 6.07 Å². The summed E-state index contributed by atoms with van der Waals surface area (Å²) in [5, 5.41) is 3.98. The van der Waals surface area contributed by atoms with Gasteiger partial charge in [-0.1, -0.05) is 12.1 Å². The molecule has 0 spiro atoms. The van der Waals surface area contributed by atoms with Crippen molar-refractivity contribution in [2.24, 2.45) is 11.1 Å². The van der Waals surface area contributed by atoms with E-state index in [1.165, 1.54) is 6.07 Å². The van der Waals surface area contributed by atoms with E-state index in [1.807, 2.05) is 19.1 Å². The van der Waals surface area contributed by atoms with Gasteiger partial charge in [0.1, 0.15) is 11.3 Å². The molecule has 0 aliphatic carbocycles. The third-order valence-electron chi connectivity index (χ3n) is 4.51. The van der Waals surface area contributed by atoms with Gasteiger partial charge in [0.05, 0.1) is 5.41 Å². The van der Waals surface area contributed by atoms with Gasteiger partial charge in [-0.2, -0.15) is 0 Å². The second-order valence-electron chi connectivity index (χ2n) is 6.06. The van der Waals surface area contributed by atoms with Gasteiger partial charge < -0.3 is 15.8 Å². The Kier molecular flexibility index (Phi) is 4.17. The summed E-state index contributed by atoms with van der Waals surface area (Å²) in [4.78, 5) is 16.2. The number of nitrogens with two attached hydrogens (primary N) is 1. The minimum Gasteiger partial charge on any atom is -0.383 e. The van der Waals surface area contributed by atoms with Crippen LogP contribution in [0, 0.1) is 18.2 Å². The summed E-state index contributed by atoms with van der Waals surface area (Å²) in [6.45, 7) is 3.26. The van der Waals surface area contributed by atoms with Crippen LogP contribution in [0.4, 0.5) is 10.1 Å². The van der Waals surface area contributed by atoms with E-state index in [0.29, 0.717) is 49.2 Å². The van der Waals surface area contributed by atoms with Crippen LogP contribution in [0.25, 0.3) is 10.9 Å². The molecule has 2 heterocycles. The van der Waals surface area contributed by atoms with E-state index < -0.39 is 5.41 Å². The first-order chi connectivity index (χ1) is 11.0. The van der Waals surface area contributed by atoms with Crippen molar-refractivity contribution in [1.29, 1.82) is 0 Å². The number of anilines is 1. The summed E-state index contributed by atoms with van der Waals surface area (Å²) in [5.74, 6) is -0.681. The normalized spacial score (nSPS) is 17.1. The van der Waals surface area contributed by atoms with E-state index >= 15 is 0 Å². The number of benzene rings is 1. The molecule has 3 N–H and O–H groups in total. The van der Waals surface area contributed by atoms with E-state index in [2.05, 4.69) is 10.3 Å². The average molecular weight is 317 g/mol. The number of nitrogens with zero attached hydrogens (tertiary/aromatic N) is 1. The van der Waals surface area contributed by atoms with Crippen molar-refractivity contribution in [1.82, 2.24) is 4.98 Å². The van der Waals surface area contributed by atoms with Crippen LogP contribution < -0.4 is 11.1 Å². The molecule has 5 nitrogen and oxygen atoms in total. The highest BCUT2D eigenvalue weighted by Gasteiger charge is 2.38. The molecule has 0 unspecified atom stereocenters. The number of para-hydroxylation sites is 1. The number of hydrogen-bond donors (Lipinski definition) is 2. The molecule has 1 aromatic carbocycles. The van der Waals surface area contributed by atoms with Crippen molar-refractivity contribution < 1.29 is 13.9 Å². The number of ether oxygens (including phenoxy) is 1. The van der Waals surface area contributed by atoms with Gasteiger partial charge >= 0.3 is 0 Å². The molecule has 0 saturated carbocycles. The van der Waals surface area contributed by atoms with Crippen LogP contribution >= 0.6 is 0 Å². The number of aromatic nitrogens is 1. The van der Waals surface area contributed by atoms with Crippen molar-refractivity contribution in [3.05, 3.63) is 35.8 Å². The number of pyridine rings is 1. The van der Waals surface area contributed by atoms with Gasteiger partial charge in [-0.15, -0.1) is 0 Å². The molecule has 1 aliphatic rings. The Labute approximate surface area is 134 Å². The predicted octanol–water partition coefficient (Wildman–Crippen LogP) is 2.38. The molecule has 0 atom stereocenters. The van der Waals surface area contributed by atoms with Crippen LogP contribution in [0.3, 0.4) is 0 Å². The summed E-state index contributed by atoms with van der Waals surface area (Å²) < 4.78 is 19.3. The number of rotatable bonds is 4. The van der Waals surface area contributed by atoms with Crippen molar-refractivity contribution in [3.8, 4) is 0 Å². The highest BCUT2D eigenvalue weighted by Crippen LogP contribution is 2.32. The largest absolute Gasteiger partial charge is 0.383 e. The Morgan fingerprint density at radius 2 is 2.17 bits per heavy atom. The fraction of sp³-hybridized carbons (Fsp3) is 0.412. The highest BCUT2D eigenvalue weighted by atomic mass is 19.1. The standard InChI is InChI=1S/C17H20FN3O2/c1-11-9-14(12-3-2-4-13(18)15(12)21-11)20-10-17(16(19)22)5-7-23-8-6-17/h2-4,9H,5-8,10H2,1H3,(H2,19,22)(H,20,21). The predicted molar refractivity (Wildman–Crippen MR) is 86.6 cm³/mol. The van der Waals surface area contributed by atoms with E-state index in [0.717, 1.165) is 5.69 Å². The summed E-state index contributed by atoms with van der Waals surface area (Å²) in [6, 6.07) is 6.71. The molecular formula is C17H20FN3O2. The van der Waals surface area contributed by atoms with E-state index in [4.69, 9.17) is 10.5 Å². The zero-order valence-electron chi connectivity index (χ0n) is 13.1. The second-order valence-corrected chi connectivity index (χ2v) is 6.06. The molecule has 1 aliphatic heterocycles. The summed E-state index contributed by atoms with van der Waals surface area (Å²) in [5.41, 5.74) is 6.80. The second kappa shape index (κ2) is 6.12. The monoisotopic (exact) mass is 317 g/mol. The van der Waals surface area contributed by atoms with Gasteiger partial charge in [0.2, 0.25) is 5.91 Å². The zero-order chi connectivity index (χ0) is 16.4. The molecule has 1 amide bonds. The maximum absolute atomic E-state index is 14.0. The lowest BCUT2D eigenvalue weighted by atomic mass is 9.79. The molecule has 1 saturated heterocycles. The first kappa shape index (κ1) is 15.7. The van der Waals surface area contributed by atoms with Crippen molar-refractivity contribution in [2.75, 3.05) is 25.1 Å². The first-order valence-electron chi connectivity index (χ1n) is 7.69. The molecule has 1 fully saturated rings. The zero-order valence-corrected chi connectivity index (χ0v) is 13.1. The van der Waals surface area contributed by atoms with E-state index in [-0.39, 0.29) is 11.7 Å². The van der Waals surface area contributed by atoms with Crippen molar-refractivity contribution in [3.63, 3.8) is 0 Å². The van der Waals surface area contributed by atoms with Crippen LogP contribution in [-0.4, -0.2) is 30.6 Å². The van der Waals surface area contributed by atoms with Crippen LogP contribution in [0.15, 0.2) is 24.3 Å². The van der Waals surface area contributed by atoms with E-state index in [9.17, 15) is 9.18 Å². The number of nitrogens with one attached hydrogen (secondary N) is 1. The number of primary amides is 1. The average Bonchev–Trinajstić information content (AvgIpc) is 2.54. The Morgan fingerprint density at radius 1 is 1.43 bits per heavy atom. The third kappa shape index (κ3) is 2.99. The number of aryl methyl sites for hydroxylation is 1. The molecule has 1 aromatic heterocycles. The van der Waals surface area contributed by atoms with Gasteiger partial charge in [0.15, 0.2) is 0 Å². The van der Waals surface area contributed by atoms with Gasteiger partial charge in [-0.05, 0) is 31.9 Å². The number of fused-ring (bicyclic) bond motifs is 1. The number of amides is 1. The summed E-state index contributed by atoms with van der Waals surface area (Å²) in [7, 11) is 0. The Bertz CT molecular complexity index is 742. The number of halogens is 1. The Balaban J connectivity index is 1.92. The summed E-state index contributed by atoms with van der Waals surface area (Å²) in [6.07, 6.45) is 1.18.